The summed E-state index contributed by atoms with van der Waals surface area (Å²) in [5.74, 6) is 0. The van der Waals surface area contributed by atoms with Crippen LogP contribution >= 0.6 is 11.3 Å². The van der Waals surface area contributed by atoms with Crippen LogP contribution in [0.25, 0.3) is 53.2 Å². The minimum Gasteiger partial charge on any atom is -0.456 e. The summed E-state index contributed by atoms with van der Waals surface area (Å²) in [7, 11) is 0. The van der Waals surface area contributed by atoms with Crippen molar-refractivity contribution in [3.63, 3.8) is 0 Å². The number of para-hydroxylation sites is 1. The molecule has 0 radical (unpaired) electrons. The lowest BCUT2D eigenvalue weighted by atomic mass is 10.0. The fourth-order valence-corrected chi connectivity index (χ4v) is 5.26. The van der Waals surface area contributed by atoms with Crippen LogP contribution in [-0.4, -0.2) is 0 Å². The number of furan rings is 1. The third-order valence-corrected chi connectivity index (χ3v) is 6.98. The van der Waals surface area contributed by atoms with E-state index in [1.165, 1.54) is 6.07 Å². The van der Waals surface area contributed by atoms with Crippen molar-refractivity contribution in [2.75, 3.05) is 4.90 Å². The zero-order chi connectivity index (χ0) is 44.9. The van der Waals surface area contributed by atoms with Gasteiger partial charge in [-0.2, -0.15) is 0 Å². The second-order valence-electron chi connectivity index (χ2n) is 8.12. The molecule has 2 aromatic heterocycles. The fourth-order valence-electron chi connectivity index (χ4n) is 4.25. The summed E-state index contributed by atoms with van der Waals surface area (Å²) in [5, 5.41) is -1.08. The van der Waals surface area contributed by atoms with Gasteiger partial charge in [0, 0.05) is 36.9 Å². The molecular weight excluding hydrogens is 494 g/mol. The van der Waals surface area contributed by atoms with Crippen LogP contribution in [-0.2, 0) is 0 Å². The van der Waals surface area contributed by atoms with Crippen LogP contribution in [0.15, 0.2) is 143 Å². The monoisotopic (exact) mass is 539 g/mol. The van der Waals surface area contributed by atoms with Crippen LogP contribution < -0.4 is 4.90 Å². The highest BCUT2D eigenvalue weighted by atomic mass is 32.1. The average Bonchev–Trinajstić information content (AvgIpc) is 3.83. The molecule has 0 saturated carbocycles. The van der Waals surface area contributed by atoms with Gasteiger partial charge in [0.1, 0.15) is 11.2 Å². The maximum atomic E-state index is 9.40. The first-order valence-electron chi connectivity index (χ1n) is 22.3. The summed E-state index contributed by atoms with van der Waals surface area (Å²) in [6.07, 6.45) is 0. The highest BCUT2D eigenvalue weighted by Gasteiger charge is 2.20. The second-order valence-corrected chi connectivity index (χ2v) is 9.17. The average molecular weight is 540 g/mol. The van der Waals surface area contributed by atoms with Crippen LogP contribution in [0.2, 0.25) is 0 Å². The van der Waals surface area contributed by atoms with Crippen LogP contribution in [0, 0.1) is 0 Å². The largest absolute Gasteiger partial charge is 0.456 e. The molecule has 0 atom stereocenters. The Morgan fingerprint density at radius 2 is 1.18 bits per heavy atom. The smallest absolute Gasteiger partial charge is 0.137 e. The van der Waals surface area contributed by atoms with Gasteiger partial charge in [-0.1, -0.05) is 90.6 Å². The van der Waals surface area contributed by atoms with Crippen molar-refractivity contribution in [3.8, 4) is 11.1 Å². The van der Waals surface area contributed by atoms with Crippen molar-refractivity contribution < 1.29 is 34.6 Å². The summed E-state index contributed by atoms with van der Waals surface area (Å²) in [6, 6.07) is -16.1. The molecule has 0 unspecified atom stereocenters. The third-order valence-electron chi connectivity index (χ3n) is 5.92. The molecule has 0 aliphatic rings. The first-order valence-corrected chi connectivity index (χ1v) is 12.1. The Morgan fingerprint density at radius 1 is 0.513 bits per heavy atom. The minimum absolute atomic E-state index is 0.00257. The number of rotatable bonds is 4. The molecule has 0 aliphatic heterocycles. The lowest BCUT2D eigenvalue weighted by Gasteiger charge is -2.26. The van der Waals surface area contributed by atoms with Gasteiger partial charge >= 0.3 is 0 Å². The third kappa shape index (κ3) is 3.63. The number of anilines is 3. The summed E-state index contributed by atoms with van der Waals surface area (Å²) >= 11 is 0.783. The maximum absolute atomic E-state index is 9.40. The molecule has 184 valence electrons. The molecule has 6 aromatic carbocycles. The summed E-state index contributed by atoms with van der Waals surface area (Å²) < 4.78 is 198. The quantitative estimate of drug-likeness (QED) is 0.221. The maximum Gasteiger partial charge on any atom is 0.137 e. The fraction of sp³-hybridized carbons (Fsp3) is 0. The van der Waals surface area contributed by atoms with Gasteiger partial charge < -0.3 is 9.32 Å². The number of thiophene rings is 1. The van der Waals surface area contributed by atoms with Gasteiger partial charge in [-0.15, -0.1) is 11.3 Å². The molecule has 0 fully saturated rings. The summed E-state index contributed by atoms with van der Waals surface area (Å²) in [5.41, 5.74) is -4.49. The normalized spacial score (nSPS) is 19.5. The van der Waals surface area contributed by atoms with Gasteiger partial charge in [0.2, 0.25) is 0 Å². The molecule has 0 aliphatic carbocycles. The van der Waals surface area contributed by atoms with Gasteiger partial charge in [0.05, 0.1) is 41.2 Å². The van der Waals surface area contributed by atoms with Gasteiger partial charge in [-0.05, 0) is 59.5 Å². The van der Waals surface area contributed by atoms with E-state index in [0.717, 1.165) is 16.2 Å². The van der Waals surface area contributed by atoms with Gasteiger partial charge in [0.25, 0.3) is 0 Å². The molecule has 3 heteroatoms. The van der Waals surface area contributed by atoms with E-state index in [4.69, 9.17) is 27.7 Å². The Balaban J connectivity index is 1.62. The molecule has 2 heterocycles. The van der Waals surface area contributed by atoms with Crippen molar-refractivity contribution in [2.45, 2.75) is 0 Å². The number of hydrogen-bond donors (Lipinski definition) is 0. The zero-order valence-electron chi connectivity index (χ0n) is 41.3. The van der Waals surface area contributed by atoms with Crippen molar-refractivity contribution in [1.29, 1.82) is 0 Å². The number of nitrogens with zero attached hydrogens (tertiary/aromatic N) is 1. The van der Waals surface area contributed by atoms with E-state index in [-0.39, 0.29) is 20.2 Å². The minimum atomic E-state index is -1.01. The summed E-state index contributed by atoms with van der Waals surface area (Å²) in [6.45, 7) is 0. The van der Waals surface area contributed by atoms with Crippen molar-refractivity contribution in [3.05, 3.63) is 139 Å². The molecule has 0 N–H and O–H groups in total. The number of fused-ring (bicyclic) bond motifs is 6. The molecular formula is C36H23NOS. The highest BCUT2D eigenvalue weighted by molar-refractivity contribution is 7.25. The Bertz CT molecular complexity index is 3300. The zero-order valence-corrected chi connectivity index (χ0v) is 20.2. The predicted octanol–water partition coefficient (Wildman–Crippen LogP) is 11.1. The Morgan fingerprint density at radius 3 is 2.05 bits per heavy atom. The topological polar surface area (TPSA) is 16.4 Å². The van der Waals surface area contributed by atoms with E-state index >= 15 is 0 Å². The van der Waals surface area contributed by atoms with Crippen LogP contribution in [0.4, 0.5) is 17.1 Å². The van der Waals surface area contributed by atoms with Crippen molar-refractivity contribution in [2.24, 2.45) is 0 Å². The van der Waals surface area contributed by atoms with Gasteiger partial charge in [0.15, 0.2) is 0 Å². The van der Waals surface area contributed by atoms with E-state index in [1.54, 1.807) is 0 Å². The van der Waals surface area contributed by atoms with Crippen LogP contribution in [0.5, 0.6) is 0 Å². The van der Waals surface area contributed by atoms with Crippen LogP contribution in [0.1, 0.15) is 30.2 Å². The SMILES string of the molecule is [2H]c1c([2H])c([2H])c(-c2c([2H])c([2H])c(N(c3cc4sc5c([2H])c([2H])c([2H])c([2H])c5c4c([2H])c3[2H])c3c([2H])c([2H])c([2H])c4oc5c([2H])c([2H])c([2H])c([2H])c5c34)c([2H])c2[2H])c([2H])c1[2H]. The van der Waals surface area contributed by atoms with E-state index in [1.807, 2.05) is 0 Å². The molecule has 0 bridgehead atoms. The molecule has 8 aromatic rings. The predicted molar refractivity (Wildman–Crippen MR) is 167 cm³/mol. The molecule has 8 rings (SSSR count). The van der Waals surface area contributed by atoms with E-state index in [2.05, 4.69) is 0 Å². The molecule has 0 saturated heterocycles. The molecule has 0 amide bonds. The second kappa shape index (κ2) is 8.87. The lowest BCUT2D eigenvalue weighted by Crippen LogP contribution is -2.10. The molecule has 2 nitrogen and oxygen atoms in total. The number of benzene rings is 6. The first kappa shape index (κ1) is 9.41. The molecule has 0 spiro atoms. The Kier molecular flexibility index (Phi) is 2.14. The van der Waals surface area contributed by atoms with Crippen molar-refractivity contribution in [1.82, 2.24) is 0 Å². The lowest BCUT2D eigenvalue weighted by molar-refractivity contribution is 0.669. The van der Waals surface area contributed by atoms with E-state index in [9.17, 15) is 6.85 Å². The first-order chi connectivity index (χ1) is 28.5. The number of hydrogen-bond acceptors (Lipinski definition) is 3. The Labute approximate surface area is 260 Å². The van der Waals surface area contributed by atoms with Gasteiger partial charge in [-0.3, -0.25) is 0 Å². The standard InChI is InChI=1S/C36H23NOS/c1-2-9-24(10-3-1)25-17-19-26(20-18-25)37(27-21-22-29-28-11-5-7-16-34(28)39-35(29)23-27)31-13-8-15-33-36(31)30-12-4-6-14-32(30)38-33/h1-23H/i1D,2D,3D,4D,5D,6D,7D,8D,9D,10D,11D,12D,13D,14D,15D,16D,17D,18D,19D,20D,21D,22D. The van der Waals surface area contributed by atoms with E-state index in [0.29, 0.717) is 0 Å². The van der Waals surface area contributed by atoms with Crippen LogP contribution in [0.3, 0.4) is 0 Å². The Hall–Kier alpha value is -4.86. The van der Waals surface area contributed by atoms with E-state index < -0.39 is 183 Å². The molecule has 39 heavy (non-hydrogen) atoms. The van der Waals surface area contributed by atoms with Crippen molar-refractivity contribution >= 4 is 70.5 Å². The highest BCUT2D eigenvalue weighted by Crippen LogP contribution is 2.45. The summed E-state index contributed by atoms with van der Waals surface area (Å²) in [4.78, 5) is 0.768. The van der Waals surface area contributed by atoms with Gasteiger partial charge in [-0.25, -0.2) is 0 Å².